The van der Waals surface area contributed by atoms with Crippen LogP contribution in [0.2, 0.25) is 0 Å². The minimum absolute atomic E-state index is 0.225. The molecule has 120 valence electrons. The van der Waals surface area contributed by atoms with E-state index < -0.39 is 0 Å². The van der Waals surface area contributed by atoms with Gasteiger partial charge in [-0.25, -0.2) is 0 Å². The van der Waals surface area contributed by atoms with Gasteiger partial charge in [0.25, 0.3) is 0 Å². The number of rotatable bonds is 7. The molecule has 0 aliphatic heterocycles. The van der Waals surface area contributed by atoms with E-state index in [0.717, 1.165) is 19.0 Å². The summed E-state index contributed by atoms with van der Waals surface area (Å²) < 4.78 is 0. The summed E-state index contributed by atoms with van der Waals surface area (Å²) in [7, 11) is 0. The lowest BCUT2D eigenvalue weighted by Crippen LogP contribution is -2.57. The summed E-state index contributed by atoms with van der Waals surface area (Å²) in [5.74, 6) is 0.936. The second-order valence-electron chi connectivity index (χ2n) is 6.96. The topological polar surface area (TPSA) is 29.3 Å². The second kappa shape index (κ2) is 7.75. The molecule has 2 N–H and O–H groups in total. The molecule has 1 aromatic heterocycles. The SMILES string of the molecule is CCCC1CCC(CN)(N(Cc2cccs2)C(C)C)CC1. The predicted octanol–water partition coefficient (Wildman–Crippen LogP) is 4.65. The summed E-state index contributed by atoms with van der Waals surface area (Å²) >= 11 is 1.87. The highest BCUT2D eigenvalue weighted by molar-refractivity contribution is 7.09. The molecule has 0 saturated heterocycles. The van der Waals surface area contributed by atoms with Crippen molar-refractivity contribution in [2.75, 3.05) is 6.54 Å². The molecule has 0 spiro atoms. The van der Waals surface area contributed by atoms with E-state index in [0.29, 0.717) is 6.04 Å². The van der Waals surface area contributed by atoms with E-state index in [9.17, 15) is 0 Å². The van der Waals surface area contributed by atoms with E-state index in [2.05, 4.69) is 43.2 Å². The van der Waals surface area contributed by atoms with Crippen LogP contribution in [0.15, 0.2) is 17.5 Å². The Kier molecular flexibility index (Phi) is 6.27. The highest BCUT2D eigenvalue weighted by Gasteiger charge is 2.40. The fraction of sp³-hybridized carbons (Fsp3) is 0.778. The number of hydrogen-bond donors (Lipinski definition) is 1. The molecule has 2 nitrogen and oxygen atoms in total. The molecular weight excluding hydrogens is 276 g/mol. The van der Waals surface area contributed by atoms with Crippen molar-refractivity contribution in [3.8, 4) is 0 Å². The third kappa shape index (κ3) is 4.08. The van der Waals surface area contributed by atoms with Crippen molar-refractivity contribution in [2.45, 2.75) is 77.4 Å². The average molecular weight is 309 g/mol. The number of nitrogens with two attached hydrogens (primary N) is 1. The van der Waals surface area contributed by atoms with Gasteiger partial charge >= 0.3 is 0 Å². The molecule has 1 aliphatic carbocycles. The summed E-state index contributed by atoms with van der Waals surface area (Å²) in [6.07, 6.45) is 7.99. The standard InChI is InChI=1S/C18H32N2S/c1-4-6-16-8-10-18(14-19,11-9-16)20(15(2)3)13-17-7-5-12-21-17/h5,7,12,15-16H,4,6,8-11,13-14,19H2,1-3H3. The lowest BCUT2D eigenvalue weighted by molar-refractivity contribution is 0.0106. The van der Waals surface area contributed by atoms with Gasteiger partial charge < -0.3 is 5.73 Å². The summed E-state index contributed by atoms with van der Waals surface area (Å²) in [5, 5.41) is 2.18. The van der Waals surface area contributed by atoms with Gasteiger partial charge in [0, 0.05) is 29.5 Å². The third-order valence-electron chi connectivity index (χ3n) is 5.25. The fourth-order valence-electron chi connectivity index (χ4n) is 3.99. The van der Waals surface area contributed by atoms with E-state index in [1.807, 2.05) is 11.3 Å². The summed E-state index contributed by atoms with van der Waals surface area (Å²) in [6, 6.07) is 4.97. The van der Waals surface area contributed by atoms with Gasteiger partial charge in [0.1, 0.15) is 0 Å². The van der Waals surface area contributed by atoms with Crippen molar-refractivity contribution < 1.29 is 0 Å². The van der Waals surface area contributed by atoms with Crippen LogP contribution >= 0.6 is 11.3 Å². The van der Waals surface area contributed by atoms with Crippen LogP contribution in [-0.4, -0.2) is 23.0 Å². The molecule has 1 heterocycles. The molecule has 0 aromatic carbocycles. The molecule has 0 radical (unpaired) electrons. The molecule has 1 aliphatic rings. The van der Waals surface area contributed by atoms with Crippen molar-refractivity contribution in [3.63, 3.8) is 0 Å². The van der Waals surface area contributed by atoms with Crippen molar-refractivity contribution in [2.24, 2.45) is 11.7 Å². The van der Waals surface area contributed by atoms with Crippen LogP contribution in [0.3, 0.4) is 0 Å². The summed E-state index contributed by atoms with van der Waals surface area (Å²) in [5.41, 5.74) is 6.51. The van der Waals surface area contributed by atoms with Crippen LogP contribution in [0.5, 0.6) is 0 Å². The van der Waals surface area contributed by atoms with E-state index in [4.69, 9.17) is 5.73 Å². The Morgan fingerprint density at radius 1 is 1.38 bits per heavy atom. The molecule has 0 bridgehead atoms. The van der Waals surface area contributed by atoms with Crippen molar-refractivity contribution >= 4 is 11.3 Å². The Labute approximate surface area is 134 Å². The molecule has 2 rings (SSSR count). The van der Waals surface area contributed by atoms with Crippen LogP contribution in [0.4, 0.5) is 0 Å². The number of thiophene rings is 1. The minimum atomic E-state index is 0.225. The second-order valence-corrected chi connectivity index (χ2v) is 7.99. The predicted molar refractivity (Wildman–Crippen MR) is 93.6 cm³/mol. The molecule has 1 aromatic rings. The van der Waals surface area contributed by atoms with Crippen LogP contribution in [0, 0.1) is 5.92 Å². The van der Waals surface area contributed by atoms with Crippen LogP contribution in [0.1, 0.15) is 64.2 Å². The Morgan fingerprint density at radius 3 is 2.57 bits per heavy atom. The minimum Gasteiger partial charge on any atom is -0.329 e. The first-order valence-electron chi connectivity index (χ1n) is 8.60. The van der Waals surface area contributed by atoms with Crippen LogP contribution < -0.4 is 5.73 Å². The third-order valence-corrected chi connectivity index (χ3v) is 6.11. The summed E-state index contributed by atoms with van der Waals surface area (Å²) in [6.45, 7) is 8.81. The van der Waals surface area contributed by atoms with Gasteiger partial charge in [-0.05, 0) is 56.9 Å². The van der Waals surface area contributed by atoms with Gasteiger partial charge in [0.05, 0.1) is 0 Å². The maximum atomic E-state index is 6.29. The monoisotopic (exact) mass is 308 g/mol. The van der Waals surface area contributed by atoms with Gasteiger partial charge in [0.2, 0.25) is 0 Å². The Bertz CT molecular complexity index is 391. The van der Waals surface area contributed by atoms with Crippen molar-refractivity contribution in [3.05, 3.63) is 22.4 Å². The van der Waals surface area contributed by atoms with E-state index in [-0.39, 0.29) is 5.54 Å². The van der Waals surface area contributed by atoms with Gasteiger partial charge in [-0.1, -0.05) is 25.8 Å². The van der Waals surface area contributed by atoms with Crippen LogP contribution in [0.25, 0.3) is 0 Å². The zero-order chi connectivity index (χ0) is 15.3. The highest BCUT2D eigenvalue weighted by Crippen LogP contribution is 2.39. The first kappa shape index (κ1) is 17.0. The number of hydrogen-bond acceptors (Lipinski definition) is 3. The van der Waals surface area contributed by atoms with E-state index >= 15 is 0 Å². The molecule has 0 atom stereocenters. The molecular formula is C18H32N2S. The smallest absolute Gasteiger partial charge is 0.0338 e. The zero-order valence-electron chi connectivity index (χ0n) is 14.0. The number of nitrogens with zero attached hydrogens (tertiary/aromatic N) is 1. The Hall–Kier alpha value is -0.380. The Morgan fingerprint density at radius 2 is 2.10 bits per heavy atom. The largest absolute Gasteiger partial charge is 0.329 e. The lowest BCUT2D eigenvalue weighted by Gasteiger charge is -2.49. The fourth-order valence-corrected chi connectivity index (χ4v) is 4.69. The lowest BCUT2D eigenvalue weighted by atomic mass is 9.73. The molecule has 0 amide bonds. The maximum absolute atomic E-state index is 6.29. The quantitative estimate of drug-likeness (QED) is 0.794. The average Bonchev–Trinajstić information content (AvgIpc) is 2.99. The van der Waals surface area contributed by atoms with Gasteiger partial charge in [-0.2, -0.15) is 0 Å². The normalized spacial score (nSPS) is 26.7. The molecule has 21 heavy (non-hydrogen) atoms. The van der Waals surface area contributed by atoms with Gasteiger partial charge in [-0.3, -0.25) is 4.90 Å². The van der Waals surface area contributed by atoms with Crippen LogP contribution in [-0.2, 0) is 6.54 Å². The summed E-state index contributed by atoms with van der Waals surface area (Å²) in [4.78, 5) is 4.15. The zero-order valence-corrected chi connectivity index (χ0v) is 14.8. The molecule has 1 fully saturated rings. The first-order valence-corrected chi connectivity index (χ1v) is 9.48. The Balaban J connectivity index is 2.09. The van der Waals surface area contributed by atoms with E-state index in [1.165, 1.54) is 43.4 Å². The van der Waals surface area contributed by atoms with Crippen molar-refractivity contribution in [1.82, 2.24) is 4.90 Å². The van der Waals surface area contributed by atoms with E-state index in [1.54, 1.807) is 0 Å². The highest BCUT2D eigenvalue weighted by atomic mass is 32.1. The first-order chi connectivity index (χ1) is 10.1. The molecule has 1 saturated carbocycles. The molecule has 3 heteroatoms. The van der Waals surface area contributed by atoms with Gasteiger partial charge in [0.15, 0.2) is 0 Å². The van der Waals surface area contributed by atoms with Crippen molar-refractivity contribution in [1.29, 1.82) is 0 Å². The molecule has 0 unspecified atom stereocenters. The maximum Gasteiger partial charge on any atom is 0.0338 e. The van der Waals surface area contributed by atoms with Gasteiger partial charge in [-0.15, -0.1) is 11.3 Å².